The van der Waals surface area contributed by atoms with Gasteiger partial charge in [0.15, 0.2) is 0 Å². The van der Waals surface area contributed by atoms with E-state index in [0.29, 0.717) is 23.6 Å². The molecule has 0 bridgehead atoms. The van der Waals surface area contributed by atoms with Gasteiger partial charge in [0, 0.05) is 23.9 Å². The molecule has 1 heterocycles. The second-order valence-corrected chi connectivity index (χ2v) is 8.57. The quantitative estimate of drug-likeness (QED) is 0.614. The van der Waals surface area contributed by atoms with Crippen LogP contribution >= 0.6 is 0 Å². The summed E-state index contributed by atoms with van der Waals surface area (Å²) in [5, 5.41) is 0. The number of aryl methyl sites for hydroxylation is 1. The number of carbonyl (C=O) groups is 3. The summed E-state index contributed by atoms with van der Waals surface area (Å²) < 4.78 is 10.5. The van der Waals surface area contributed by atoms with Gasteiger partial charge in [-0.2, -0.15) is 0 Å². The van der Waals surface area contributed by atoms with E-state index >= 15 is 0 Å². The van der Waals surface area contributed by atoms with E-state index in [-0.39, 0.29) is 43.4 Å². The van der Waals surface area contributed by atoms with Crippen LogP contribution in [0.2, 0.25) is 0 Å². The molecule has 33 heavy (non-hydrogen) atoms. The van der Waals surface area contributed by atoms with Crippen LogP contribution in [-0.2, 0) is 9.59 Å². The number of amides is 3. The molecule has 0 aliphatic carbocycles. The number of hydrogen-bond donors (Lipinski definition) is 0. The van der Waals surface area contributed by atoms with E-state index in [2.05, 4.69) is 0 Å². The molecular formula is C25H31N3O5. The third-order valence-electron chi connectivity index (χ3n) is 5.43. The smallest absolute Gasteiger partial charge is 0.254 e. The molecule has 2 aromatic carbocycles. The van der Waals surface area contributed by atoms with Gasteiger partial charge in [-0.15, -0.1) is 0 Å². The molecule has 0 N–H and O–H groups in total. The molecule has 8 heteroatoms. The molecular weight excluding hydrogens is 422 g/mol. The molecule has 0 saturated carbocycles. The molecule has 1 saturated heterocycles. The minimum Gasteiger partial charge on any atom is -0.497 e. The lowest BCUT2D eigenvalue weighted by Crippen LogP contribution is -2.44. The van der Waals surface area contributed by atoms with Crippen LogP contribution in [0.3, 0.4) is 0 Å². The maximum absolute atomic E-state index is 13.3. The zero-order valence-corrected chi connectivity index (χ0v) is 19.8. The normalized spacial score (nSPS) is 13.5. The number of anilines is 1. The van der Waals surface area contributed by atoms with E-state index in [9.17, 15) is 14.4 Å². The topological polar surface area (TPSA) is 79.4 Å². The summed E-state index contributed by atoms with van der Waals surface area (Å²) in [4.78, 5) is 43.6. The molecule has 0 spiro atoms. The summed E-state index contributed by atoms with van der Waals surface area (Å²) in [6, 6.07) is 12.5. The van der Waals surface area contributed by atoms with Crippen LogP contribution in [-0.4, -0.2) is 68.0 Å². The lowest BCUT2D eigenvalue weighted by atomic mass is 10.1. The Labute approximate surface area is 194 Å². The van der Waals surface area contributed by atoms with Crippen molar-refractivity contribution < 1.29 is 23.9 Å². The van der Waals surface area contributed by atoms with Gasteiger partial charge in [-0.3, -0.25) is 19.3 Å². The summed E-state index contributed by atoms with van der Waals surface area (Å²) in [5.41, 5.74) is 2.22. The van der Waals surface area contributed by atoms with Crippen LogP contribution in [0.1, 0.15) is 29.8 Å². The third-order valence-corrected chi connectivity index (χ3v) is 5.43. The first-order valence-electron chi connectivity index (χ1n) is 10.9. The van der Waals surface area contributed by atoms with Crippen LogP contribution < -0.4 is 14.4 Å². The number of methoxy groups -OCH3 is 2. The van der Waals surface area contributed by atoms with Crippen molar-refractivity contribution in [1.29, 1.82) is 0 Å². The van der Waals surface area contributed by atoms with E-state index in [1.807, 2.05) is 45.0 Å². The number of carbonyl (C=O) groups excluding carboxylic acids is 3. The van der Waals surface area contributed by atoms with Gasteiger partial charge in [0.25, 0.3) is 5.91 Å². The van der Waals surface area contributed by atoms with Crippen molar-refractivity contribution in [3.63, 3.8) is 0 Å². The summed E-state index contributed by atoms with van der Waals surface area (Å²) in [5.74, 6) is 0.418. The highest BCUT2D eigenvalue weighted by atomic mass is 16.5. The Morgan fingerprint density at radius 2 is 1.64 bits per heavy atom. The van der Waals surface area contributed by atoms with Gasteiger partial charge in [-0.25, -0.2) is 0 Å². The highest BCUT2D eigenvalue weighted by Gasteiger charge is 2.33. The maximum atomic E-state index is 13.3. The Bertz CT molecular complexity index is 997. The summed E-state index contributed by atoms with van der Waals surface area (Å²) in [7, 11) is 3.03. The number of hydrogen-bond acceptors (Lipinski definition) is 5. The van der Waals surface area contributed by atoms with E-state index in [1.54, 1.807) is 23.1 Å². The van der Waals surface area contributed by atoms with Crippen molar-refractivity contribution in [2.45, 2.75) is 20.8 Å². The number of nitrogens with zero attached hydrogens (tertiary/aromatic N) is 3. The first-order valence-corrected chi connectivity index (χ1v) is 10.9. The van der Waals surface area contributed by atoms with Crippen molar-refractivity contribution >= 4 is 23.4 Å². The number of ether oxygens (including phenoxy) is 2. The van der Waals surface area contributed by atoms with Gasteiger partial charge in [0.2, 0.25) is 11.8 Å². The van der Waals surface area contributed by atoms with Crippen LogP contribution in [0.15, 0.2) is 42.5 Å². The predicted octanol–water partition coefficient (Wildman–Crippen LogP) is 2.94. The fourth-order valence-corrected chi connectivity index (χ4v) is 3.70. The zero-order valence-electron chi connectivity index (χ0n) is 19.8. The predicted molar refractivity (Wildman–Crippen MR) is 126 cm³/mol. The summed E-state index contributed by atoms with van der Waals surface area (Å²) in [6.07, 6.45) is 0. The fraction of sp³-hybridized carbons (Fsp3) is 0.400. The molecule has 0 radical (unpaired) electrons. The van der Waals surface area contributed by atoms with Crippen LogP contribution in [0, 0.1) is 12.8 Å². The third kappa shape index (κ3) is 5.83. The molecule has 1 aliphatic rings. The average Bonchev–Trinajstić information content (AvgIpc) is 3.19. The van der Waals surface area contributed by atoms with Crippen LogP contribution in [0.4, 0.5) is 5.69 Å². The highest BCUT2D eigenvalue weighted by Crippen LogP contribution is 2.24. The Morgan fingerprint density at radius 1 is 1.03 bits per heavy atom. The van der Waals surface area contributed by atoms with E-state index < -0.39 is 0 Å². The molecule has 3 rings (SSSR count). The Hall–Kier alpha value is -3.55. The summed E-state index contributed by atoms with van der Waals surface area (Å²) in [6.45, 7) is 6.37. The van der Waals surface area contributed by atoms with E-state index in [1.165, 1.54) is 24.0 Å². The standard InChI is InChI=1S/C25H31N3O5/c1-17(2)13-26(25(31)19-10-21(32-4)12-22(11-19)33-5)14-23(29)27-15-24(30)28(16-27)20-8-6-18(3)7-9-20/h6-12,17H,13-16H2,1-5H3. The van der Waals surface area contributed by atoms with Gasteiger partial charge in [0.05, 0.1) is 14.2 Å². The van der Waals surface area contributed by atoms with Crippen molar-refractivity contribution in [2.75, 3.05) is 45.4 Å². The molecule has 1 aliphatic heterocycles. The van der Waals surface area contributed by atoms with Crippen molar-refractivity contribution in [3.05, 3.63) is 53.6 Å². The largest absolute Gasteiger partial charge is 0.497 e. The second-order valence-electron chi connectivity index (χ2n) is 8.57. The fourth-order valence-electron chi connectivity index (χ4n) is 3.70. The van der Waals surface area contributed by atoms with Crippen molar-refractivity contribution in [2.24, 2.45) is 5.92 Å². The Kier molecular flexibility index (Phi) is 7.58. The molecule has 3 amide bonds. The van der Waals surface area contributed by atoms with Gasteiger partial charge in [0.1, 0.15) is 31.3 Å². The molecule has 1 fully saturated rings. The minimum absolute atomic E-state index is 0.0105. The molecule has 2 aromatic rings. The monoisotopic (exact) mass is 453 g/mol. The lowest BCUT2D eigenvalue weighted by Gasteiger charge is -2.27. The summed E-state index contributed by atoms with van der Waals surface area (Å²) >= 11 is 0. The zero-order chi connectivity index (χ0) is 24.1. The first-order chi connectivity index (χ1) is 15.7. The van der Waals surface area contributed by atoms with Gasteiger partial charge < -0.3 is 19.3 Å². The molecule has 8 nitrogen and oxygen atoms in total. The molecule has 176 valence electrons. The molecule has 0 atom stereocenters. The Morgan fingerprint density at radius 3 is 2.18 bits per heavy atom. The van der Waals surface area contributed by atoms with E-state index in [4.69, 9.17) is 9.47 Å². The van der Waals surface area contributed by atoms with Gasteiger partial charge in [-0.1, -0.05) is 31.5 Å². The van der Waals surface area contributed by atoms with Crippen molar-refractivity contribution in [3.8, 4) is 11.5 Å². The maximum Gasteiger partial charge on any atom is 0.254 e. The molecule has 0 aromatic heterocycles. The highest BCUT2D eigenvalue weighted by molar-refractivity contribution is 6.01. The average molecular weight is 454 g/mol. The second kappa shape index (κ2) is 10.4. The van der Waals surface area contributed by atoms with Gasteiger partial charge >= 0.3 is 0 Å². The van der Waals surface area contributed by atoms with Crippen LogP contribution in [0.25, 0.3) is 0 Å². The van der Waals surface area contributed by atoms with Crippen LogP contribution in [0.5, 0.6) is 11.5 Å². The SMILES string of the molecule is COc1cc(OC)cc(C(=O)N(CC(=O)N2CC(=O)N(c3ccc(C)cc3)C2)CC(C)C)c1. The number of rotatable bonds is 8. The Balaban J connectivity index is 1.76. The first kappa shape index (κ1) is 24.1. The minimum atomic E-state index is -0.296. The number of benzene rings is 2. The van der Waals surface area contributed by atoms with Gasteiger partial charge in [-0.05, 0) is 37.1 Å². The van der Waals surface area contributed by atoms with E-state index in [0.717, 1.165) is 11.3 Å². The van der Waals surface area contributed by atoms with Crippen molar-refractivity contribution in [1.82, 2.24) is 9.80 Å². The molecule has 0 unspecified atom stereocenters. The lowest BCUT2D eigenvalue weighted by molar-refractivity contribution is -0.132.